The zero-order chi connectivity index (χ0) is 13.8. The first-order valence-corrected chi connectivity index (χ1v) is 6.51. The van der Waals surface area contributed by atoms with Crippen molar-refractivity contribution in [2.24, 2.45) is 5.73 Å². The van der Waals surface area contributed by atoms with Crippen molar-refractivity contribution in [2.75, 3.05) is 11.9 Å². The molecule has 2 rings (SSSR count). The number of nitrogens with two attached hydrogens (primary N) is 1. The van der Waals surface area contributed by atoms with Gasteiger partial charge in [-0.15, -0.1) is 0 Å². The number of aromatic nitrogens is 1. The van der Waals surface area contributed by atoms with Gasteiger partial charge in [-0.1, -0.05) is 6.07 Å². The number of pyridine rings is 1. The summed E-state index contributed by atoms with van der Waals surface area (Å²) in [4.78, 5) is 6.63. The third-order valence-corrected chi connectivity index (χ3v) is 3.00. The standard InChI is InChI=1S/C15H21N3O/c1-11-7-13(8-12(2)16)9-17-15(11)18(3)10-14-5-4-6-19-14/h4-7,9,12H,8,10,16H2,1-3H3. The summed E-state index contributed by atoms with van der Waals surface area (Å²) in [6.07, 6.45) is 4.45. The highest BCUT2D eigenvalue weighted by atomic mass is 16.3. The van der Waals surface area contributed by atoms with Gasteiger partial charge >= 0.3 is 0 Å². The van der Waals surface area contributed by atoms with Gasteiger partial charge in [0.05, 0.1) is 12.8 Å². The van der Waals surface area contributed by atoms with E-state index in [0.29, 0.717) is 6.54 Å². The number of rotatable bonds is 5. The van der Waals surface area contributed by atoms with Crippen LogP contribution in [-0.2, 0) is 13.0 Å². The van der Waals surface area contributed by atoms with Gasteiger partial charge in [0.15, 0.2) is 0 Å². The van der Waals surface area contributed by atoms with E-state index in [0.717, 1.165) is 23.6 Å². The lowest BCUT2D eigenvalue weighted by Gasteiger charge is -2.19. The van der Waals surface area contributed by atoms with Crippen LogP contribution < -0.4 is 10.6 Å². The summed E-state index contributed by atoms with van der Waals surface area (Å²) >= 11 is 0. The van der Waals surface area contributed by atoms with Gasteiger partial charge in [-0.05, 0) is 43.5 Å². The van der Waals surface area contributed by atoms with Crippen molar-refractivity contribution in [3.8, 4) is 0 Å². The molecule has 102 valence electrons. The fourth-order valence-corrected chi connectivity index (χ4v) is 2.22. The maximum atomic E-state index is 5.81. The minimum absolute atomic E-state index is 0.160. The van der Waals surface area contributed by atoms with Crippen LogP contribution in [0.2, 0.25) is 0 Å². The Morgan fingerprint density at radius 3 is 2.84 bits per heavy atom. The first kappa shape index (κ1) is 13.6. The molecule has 4 heteroatoms. The maximum Gasteiger partial charge on any atom is 0.131 e. The van der Waals surface area contributed by atoms with Crippen LogP contribution in [0, 0.1) is 6.92 Å². The minimum atomic E-state index is 0.160. The summed E-state index contributed by atoms with van der Waals surface area (Å²) < 4.78 is 5.36. The number of anilines is 1. The topological polar surface area (TPSA) is 55.3 Å². The molecule has 4 nitrogen and oxygen atoms in total. The number of hydrogen-bond donors (Lipinski definition) is 1. The lowest BCUT2D eigenvalue weighted by molar-refractivity contribution is 0.507. The van der Waals surface area contributed by atoms with Crippen LogP contribution in [0.4, 0.5) is 5.82 Å². The largest absolute Gasteiger partial charge is 0.467 e. The first-order chi connectivity index (χ1) is 9.06. The van der Waals surface area contributed by atoms with Crippen molar-refractivity contribution in [3.63, 3.8) is 0 Å². The van der Waals surface area contributed by atoms with Crippen molar-refractivity contribution in [2.45, 2.75) is 32.9 Å². The molecule has 0 aliphatic rings. The molecule has 0 spiro atoms. The molecule has 0 radical (unpaired) electrons. The zero-order valence-corrected chi connectivity index (χ0v) is 11.8. The van der Waals surface area contributed by atoms with E-state index >= 15 is 0 Å². The molecular weight excluding hydrogens is 238 g/mol. The Labute approximate surface area is 114 Å². The predicted octanol–water partition coefficient (Wildman–Crippen LogP) is 2.51. The highest BCUT2D eigenvalue weighted by molar-refractivity contribution is 5.46. The number of nitrogens with zero attached hydrogens (tertiary/aromatic N) is 2. The average Bonchev–Trinajstić information content (AvgIpc) is 2.80. The molecule has 0 aromatic carbocycles. The Morgan fingerprint density at radius 1 is 1.47 bits per heavy atom. The van der Waals surface area contributed by atoms with E-state index in [1.165, 1.54) is 5.56 Å². The summed E-state index contributed by atoms with van der Waals surface area (Å²) in [5, 5.41) is 0. The molecule has 1 unspecified atom stereocenters. The van der Waals surface area contributed by atoms with Crippen LogP contribution >= 0.6 is 0 Å². The molecule has 0 fully saturated rings. The summed E-state index contributed by atoms with van der Waals surface area (Å²) in [7, 11) is 2.02. The second kappa shape index (κ2) is 5.89. The molecule has 2 aromatic heterocycles. The minimum Gasteiger partial charge on any atom is -0.467 e. The third kappa shape index (κ3) is 3.58. The quantitative estimate of drug-likeness (QED) is 0.896. The van der Waals surface area contributed by atoms with Gasteiger partial charge in [0.2, 0.25) is 0 Å². The lowest BCUT2D eigenvalue weighted by Crippen LogP contribution is -2.20. The van der Waals surface area contributed by atoms with Crippen LogP contribution in [0.15, 0.2) is 35.1 Å². The van der Waals surface area contributed by atoms with Crippen LogP contribution in [0.5, 0.6) is 0 Å². The van der Waals surface area contributed by atoms with Crippen LogP contribution in [-0.4, -0.2) is 18.1 Å². The van der Waals surface area contributed by atoms with Crippen LogP contribution in [0.1, 0.15) is 23.8 Å². The van der Waals surface area contributed by atoms with Crippen molar-refractivity contribution in [3.05, 3.63) is 47.5 Å². The van der Waals surface area contributed by atoms with Gasteiger partial charge in [0, 0.05) is 19.3 Å². The highest BCUT2D eigenvalue weighted by Gasteiger charge is 2.09. The Balaban J connectivity index is 2.11. The first-order valence-electron chi connectivity index (χ1n) is 6.51. The van der Waals surface area contributed by atoms with Gasteiger partial charge in [0.1, 0.15) is 11.6 Å². The molecule has 1 atom stereocenters. The SMILES string of the molecule is Cc1cc(CC(C)N)cnc1N(C)Cc1ccco1. The third-order valence-electron chi connectivity index (χ3n) is 3.00. The van der Waals surface area contributed by atoms with Gasteiger partial charge in [-0.3, -0.25) is 0 Å². The highest BCUT2D eigenvalue weighted by Crippen LogP contribution is 2.19. The molecule has 0 saturated carbocycles. The van der Waals surface area contributed by atoms with Crippen LogP contribution in [0.25, 0.3) is 0 Å². The summed E-state index contributed by atoms with van der Waals surface area (Å²) in [5.74, 6) is 1.91. The molecule has 2 N–H and O–H groups in total. The van der Waals surface area contributed by atoms with Gasteiger partial charge in [-0.2, -0.15) is 0 Å². The summed E-state index contributed by atoms with van der Waals surface area (Å²) in [6, 6.07) is 6.18. The maximum absolute atomic E-state index is 5.81. The lowest BCUT2D eigenvalue weighted by atomic mass is 10.1. The fourth-order valence-electron chi connectivity index (χ4n) is 2.22. The Bertz CT molecular complexity index is 520. The van der Waals surface area contributed by atoms with Gasteiger partial charge in [0.25, 0.3) is 0 Å². The monoisotopic (exact) mass is 259 g/mol. The van der Waals surface area contributed by atoms with Gasteiger partial charge in [-0.25, -0.2) is 4.98 Å². The zero-order valence-electron chi connectivity index (χ0n) is 11.8. The van der Waals surface area contributed by atoms with Crippen molar-refractivity contribution < 1.29 is 4.42 Å². The normalized spacial score (nSPS) is 12.4. The number of furan rings is 1. The van der Waals surface area contributed by atoms with Crippen molar-refractivity contribution in [1.29, 1.82) is 0 Å². The Hall–Kier alpha value is -1.81. The number of hydrogen-bond acceptors (Lipinski definition) is 4. The molecule has 2 heterocycles. The van der Waals surface area contributed by atoms with E-state index < -0.39 is 0 Å². The molecule has 0 aliphatic carbocycles. The molecule has 0 aliphatic heterocycles. The Morgan fingerprint density at radius 2 is 2.26 bits per heavy atom. The van der Waals surface area contributed by atoms with Gasteiger partial charge < -0.3 is 15.1 Å². The molecule has 0 saturated heterocycles. The molecular formula is C15H21N3O. The van der Waals surface area contributed by atoms with Crippen molar-refractivity contribution in [1.82, 2.24) is 4.98 Å². The average molecular weight is 259 g/mol. The predicted molar refractivity (Wildman–Crippen MR) is 77.1 cm³/mol. The van der Waals surface area contributed by atoms with E-state index in [4.69, 9.17) is 10.2 Å². The molecule has 2 aromatic rings. The van der Waals surface area contributed by atoms with Crippen molar-refractivity contribution >= 4 is 5.82 Å². The number of aryl methyl sites for hydroxylation is 1. The Kier molecular flexibility index (Phi) is 4.22. The molecule has 0 bridgehead atoms. The second-order valence-corrected chi connectivity index (χ2v) is 5.10. The fraction of sp³-hybridized carbons (Fsp3) is 0.400. The van der Waals surface area contributed by atoms with E-state index in [1.54, 1.807) is 6.26 Å². The second-order valence-electron chi connectivity index (χ2n) is 5.10. The summed E-state index contributed by atoms with van der Waals surface area (Å²) in [5.41, 5.74) is 8.15. The molecule has 19 heavy (non-hydrogen) atoms. The van der Waals surface area contributed by atoms with Crippen LogP contribution in [0.3, 0.4) is 0 Å². The smallest absolute Gasteiger partial charge is 0.131 e. The molecule has 0 amide bonds. The van der Waals surface area contributed by atoms with E-state index in [2.05, 4.69) is 22.9 Å². The van der Waals surface area contributed by atoms with E-state index in [9.17, 15) is 0 Å². The van der Waals surface area contributed by atoms with E-state index in [-0.39, 0.29) is 6.04 Å². The van der Waals surface area contributed by atoms with E-state index in [1.807, 2.05) is 32.3 Å². The summed E-state index contributed by atoms with van der Waals surface area (Å²) in [6.45, 7) is 4.80.